The van der Waals surface area contributed by atoms with E-state index in [0.717, 1.165) is 20.0 Å². The minimum Gasteiger partial charge on any atom is -0.344 e. The summed E-state index contributed by atoms with van der Waals surface area (Å²) in [6.07, 6.45) is 0. The third kappa shape index (κ3) is 2.62. The van der Waals surface area contributed by atoms with Crippen molar-refractivity contribution in [3.8, 4) is 0 Å². The average Bonchev–Trinajstić information content (AvgIpc) is 1.59. The van der Waals surface area contributed by atoms with Crippen molar-refractivity contribution in [2.45, 2.75) is 0 Å². The highest BCUT2D eigenvalue weighted by Gasteiger charge is 2.13. The molecule has 0 amide bonds. The lowest BCUT2D eigenvalue weighted by Gasteiger charge is -2.36. The predicted octanol–water partition coefficient (Wildman–Crippen LogP) is -0.170. The van der Waals surface area contributed by atoms with Crippen LogP contribution in [0.5, 0.6) is 0 Å². The summed E-state index contributed by atoms with van der Waals surface area (Å²) in [6.45, 7) is 3.26. The first-order valence-electron chi connectivity index (χ1n) is 3.24. The molecule has 1 aliphatic rings. The maximum Gasteiger partial charge on any atom is 0.0523 e. The van der Waals surface area contributed by atoms with Gasteiger partial charge in [0.1, 0.15) is 0 Å². The van der Waals surface area contributed by atoms with Crippen LogP contribution in [0.3, 0.4) is 0 Å². The SMILES string of the molecule is CN1CN(C)CN(C)C1.N. The molecule has 4 nitrogen and oxygen atoms in total. The minimum atomic E-state index is 0. The first-order chi connectivity index (χ1) is 4.18. The van der Waals surface area contributed by atoms with Crippen molar-refractivity contribution in [1.82, 2.24) is 20.9 Å². The predicted molar refractivity (Wildman–Crippen MR) is 42.9 cm³/mol. The number of hydrogen-bond acceptors (Lipinski definition) is 4. The van der Waals surface area contributed by atoms with Crippen LogP contribution in [0.1, 0.15) is 0 Å². The second-order valence-electron chi connectivity index (χ2n) is 2.99. The van der Waals surface area contributed by atoms with Crippen LogP contribution in [0.4, 0.5) is 0 Å². The summed E-state index contributed by atoms with van der Waals surface area (Å²) in [6, 6.07) is 0. The molecule has 0 bridgehead atoms. The Balaban J connectivity index is 0.000000810. The Morgan fingerprint density at radius 1 is 0.700 bits per heavy atom. The van der Waals surface area contributed by atoms with Gasteiger partial charge in [0.15, 0.2) is 0 Å². The van der Waals surface area contributed by atoms with E-state index < -0.39 is 0 Å². The van der Waals surface area contributed by atoms with Gasteiger partial charge in [0.2, 0.25) is 0 Å². The van der Waals surface area contributed by atoms with Crippen LogP contribution >= 0.6 is 0 Å². The second-order valence-corrected chi connectivity index (χ2v) is 2.99. The van der Waals surface area contributed by atoms with Crippen molar-refractivity contribution in [3.63, 3.8) is 0 Å². The zero-order valence-electron chi connectivity index (χ0n) is 7.17. The van der Waals surface area contributed by atoms with E-state index >= 15 is 0 Å². The Kier molecular flexibility index (Phi) is 3.81. The molecule has 0 unspecified atom stereocenters. The van der Waals surface area contributed by atoms with E-state index in [4.69, 9.17) is 0 Å². The Bertz CT molecular complexity index is 70.7. The van der Waals surface area contributed by atoms with Crippen molar-refractivity contribution in [1.29, 1.82) is 0 Å². The van der Waals surface area contributed by atoms with Crippen LogP contribution in [0.2, 0.25) is 0 Å². The Morgan fingerprint density at radius 3 is 1.10 bits per heavy atom. The molecule has 0 aromatic heterocycles. The Morgan fingerprint density at radius 2 is 0.900 bits per heavy atom. The molecule has 0 spiro atoms. The van der Waals surface area contributed by atoms with Crippen LogP contribution in [0.15, 0.2) is 0 Å². The maximum absolute atomic E-state index is 2.28. The van der Waals surface area contributed by atoms with E-state index in [1.165, 1.54) is 0 Å². The molecule has 1 rings (SSSR count). The molecular weight excluding hydrogens is 128 g/mol. The van der Waals surface area contributed by atoms with Gasteiger partial charge in [-0.2, -0.15) is 0 Å². The maximum atomic E-state index is 2.28. The van der Waals surface area contributed by atoms with Gasteiger partial charge in [-0.1, -0.05) is 0 Å². The van der Waals surface area contributed by atoms with Crippen LogP contribution < -0.4 is 6.15 Å². The summed E-state index contributed by atoms with van der Waals surface area (Å²) < 4.78 is 0. The van der Waals surface area contributed by atoms with Crippen molar-refractivity contribution in [2.24, 2.45) is 0 Å². The van der Waals surface area contributed by atoms with Gasteiger partial charge >= 0.3 is 0 Å². The number of hydrogen-bond donors (Lipinski definition) is 1. The normalized spacial score (nSPS) is 24.3. The molecule has 1 heterocycles. The second kappa shape index (κ2) is 3.88. The molecule has 62 valence electrons. The van der Waals surface area contributed by atoms with Crippen LogP contribution in [-0.4, -0.2) is 55.8 Å². The van der Waals surface area contributed by atoms with E-state index in [2.05, 4.69) is 35.8 Å². The summed E-state index contributed by atoms with van der Waals surface area (Å²) in [7, 11) is 6.39. The smallest absolute Gasteiger partial charge is 0.0523 e. The first-order valence-corrected chi connectivity index (χ1v) is 3.24. The number of nitrogens with zero attached hydrogens (tertiary/aromatic N) is 3. The van der Waals surface area contributed by atoms with E-state index in [1.807, 2.05) is 0 Å². The van der Waals surface area contributed by atoms with Gasteiger partial charge in [-0.15, -0.1) is 0 Å². The fraction of sp³-hybridized carbons (Fsp3) is 1.00. The van der Waals surface area contributed by atoms with Crippen LogP contribution in [-0.2, 0) is 0 Å². The summed E-state index contributed by atoms with van der Waals surface area (Å²) in [5.74, 6) is 0. The molecule has 3 N–H and O–H groups in total. The fourth-order valence-corrected chi connectivity index (χ4v) is 1.37. The van der Waals surface area contributed by atoms with E-state index in [1.54, 1.807) is 0 Å². The summed E-state index contributed by atoms with van der Waals surface area (Å²) in [5, 5.41) is 0. The zero-order valence-corrected chi connectivity index (χ0v) is 7.17. The summed E-state index contributed by atoms with van der Waals surface area (Å²) >= 11 is 0. The molecule has 0 radical (unpaired) electrons. The molecule has 10 heavy (non-hydrogen) atoms. The van der Waals surface area contributed by atoms with Gasteiger partial charge < -0.3 is 6.15 Å². The third-order valence-electron chi connectivity index (χ3n) is 1.45. The fourth-order valence-electron chi connectivity index (χ4n) is 1.37. The van der Waals surface area contributed by atoms with Gasteiger partial charge in [-0.3, -0.25) is 14.7 Å². The van der Waals surface area contributed by atoms with Crippen molar-refractivity contribution in [3.05, 3.63) is 0 Å². The molecule has 1 fully saturated rings. The largest absolute Gasteiger partial charge is 0.344 e. The lowest BCUT2D eigenvalue weighted by molar-refractivity contribution is 0.0149. The molecule has 4 heteroatoms. The summed E-state index contributed by atoms with van der Waals surface area (Å²) in [5.41, 5.74) is 0. The van der Waals surface area contributed by atoms with E-state index in [9.17, 15) is 0 Å². The Hall–Kier alpha value is -0.160. The number of rotatable bonds is 0. The highest BCUT2D eigenvalue weighted by Crippen LogP contribution is 1.98. The molecule has 0 atom stereocenters. The van der Waals surface area contributed by atoms with Crippen LogP contribution in [0, 0.1) is 0 Å². The average molecular weight is 146 g/mol. The lowest BCUT2D eigenvalue weighted by Crippen LogP contribution is -2.50. The van der Waals surface area contributed by atoms with E-state index in [-0.39, 0.29) is 6.15 Å². The molecule has 1 aliphatic heterocycles. The molecule has 1 saturated heterocycles. The van der Waals surface area contributed by atoms with Gasteiger partial charge in [0, 0.05) is 0 Å². The van der Waals surface area contributed by atoms with E-state index in [0.29, 0.717) is 0 Å². The molecule has 0 aromatic carbocycles. The molecular formula is C6H18N4. The van der Waals surface area contributed by atoms with Crippen molar-refractivity contribution < 1.29 is 0 Å². The molecule has 0 aromatic rings. The van der Waals surface area contributed by atoms with Gasteiger partial charge in [0.25, 0.3) is 0 Å². The van der Waals surface area contributed by atoms with Gasteiger partial charge in [-0.25, -0.2) is 0 Å². The zero-order chi connectivity index (χ0) is 6.85. The lowest BCUT2D eigenvalue weighted by atomic mass is 10.6. The highest BCUT2D eigenvalue weighted by molar-refractivity contribution is 4.58. The topological polar surface area (TPSA) is 44.7 Å². The molecule has 0 saturated carbocycles. The Labute approximate surface area is 63.0 Å². The monoisotopic (exact) mass is 146 g/mol. The first kappa shape index (κ1) is 9.84. The highest BCUT2D eigenvalue weighted by atomic mass is 15.5. The molecule has 0 aliphatic carbocycles. The minimum absolute atomic E-state index is 0. The standard InChI is InChI=1S/C6H15N3.H3N/c1-7-4-8(2)6-9(3)5-7;/h4-6H2,1-3H3;1H3. The quantitative estimate of drug-likeness (QED) is 0.515. The van der Waals surface area contributed by atoms with Gasteiger partial charge in [-0.05, 0) is 21.1 Å². The third-order valence-corrected chi connectivity index (χ3v) is 1.45. The van der Waals surface area contributed by atoms with Crippen molar-refractivity contribution >= 4 is 0 Å². The summed E-state index contributed by atoms with van der Waals surface area (Å²) in [4.78, 5) is 6.84. The van der Waals surface area contributed by atoms with Crippen molar-refractivity contribution in [2.75, 3.05) is 41.1 Å². The van der Waals surface area contributed by atoms with Crippen LogP contribution in [0.25, 0.3) is 0 Å². The van der Waals surface area contributed by atoms with Gasteiger partial charge in [0.05, 0.1) is 20.0 Å².